The number of rotatable bonds is 6. The molecule has 15 heteroatoms. The lowest BCUT2D eigenvalue weighted by Crippen LogP contribution is -2.48. The standard InChI is InChI=1S/C36H35ClF2N8O3S/c1-17(24-4-3-9-45(24)2)50-36-43-30-27-31(28(37)26(29(30)39)20-5-6-23(38)32-25(20)22(16-41)33(42)51-32)49-13-12-47(34(27)44-36)19-7-10-46(11-8-19)35(48)21-14-18(21)15-40/h5-6,17-19,21,24H,3-4,7-14,42H2,1-2H3/t17-,18?,21?,24-/m0/s1. The fourth-order valence-corrected chi connectivity index (χ4v) is 9.38. The molecule has 2 N–H and O–H groups in total. The first-order valence-corrected chi connectivity index (χ1v) is 18.4. The van der Waals surface area contributed by atoms with Crippen LogP contribution >= 0.6 is 22.9 Å². The van der Waals surface area contributed by atoms with E-state index in [0.29, 0.717) is 44.7 Å². The van der Waals surface area contributed by atoms with Crippen LogP contribution < -0.4 is 20.1 Å². The Kier molecular flexibility index (Phi) is 8.52. The van der Waals surface area contributed by atoms with E-state index in [1.54, 1.807) is 0 Å². The highest BCUT2D eigenvalue weighted by Crippen LogP contribution is 2.51. The van der Waals surface area contributed by atoms with Crippen molar-refractivity contribution in [1.82, 2.24) is 19.8 Å². The second-order valence-corrected chi connectivity index (χ2v) is 15.3. The number of likely N-dealkylation sites (tertiary alicyclic amines) is 2. The van der Waals surface area contributed by atoms with Gasteiger partial charge in [-0.3, -0.25) is 9.69 Å². The lowest BCUT2D eigenvalue weighted by Gasteiger charge is -2.39. The van der Waals surface area contributed by atoms with Gasteiger partial charge in [-0.05, 0) is 64.3 Å². The Morgan fingerprint density at radius 2 is 1.94 bits per heavy atom. The van der Waals surface area contributed by atoms with E-state index < -0.39 is 11.6 Å². The van der Waals surface area contributed by atoms with Gasteiger partial charge in [0.2, 0.25) is 5.91 Å². The molecule has 0 bridgehead atoms. The fourth-order valence-electron chi connectivity index (χ4n) is 8.10. The molecule has 5 heterocycles. The van der Waals surface area contributed by atoms with E-state index in [-0.39, 0.29) is 102 Å². The van der Waals surface area contributed by atoms with Crippen molar-refractivity contribution in [2.24, 2.45) is 11.8 Å². The van der Waals surface area contributed by atoms with Crippen LogP contribution in [0.4, 0.5) is 19.6 Å². The number of piperidine rings is 1. The molecule has 4 aliphatic rings. The van der Waals surface area contributed by atoms with Gasteiger partial charge >= 0.3 is 6.01 Å². The van der Waals surface area contributed by atoms with Gasteiger partial charge in [0, 0.05) is 36.1 Å². The minimum Gasteiger partial charge on any atom is -0.489 e. The number of anilines is 2. The lowest BCUT2D eigenvalue weighted by molar-refractivity contribution is -0.133. The summed E-state index contributed by atoms with van der Waals surface area (Å²) in [5.74, 6) is -1.18. The van der Waals surface area contributed by atoms with Crippen molar-refractivity contribution < 1.29 is 23.0 Å². The van der Waals surface area contributed by atoms with Gasteiger partial charge in [-0.2, -0.15) is 20.5 Å². The fraction of sp³-hybridized carbons (Fsp3) is 0.472. The first-order valence-electron chi connectivity index (χ1n) is 17.2. The summed E-state index contributed by atoms with van der Waals surface area (Å²) in [6.45, 7) is 4.52. The summed E-state index contributed by atoms with van der Waals surface area (Å²) in [6, 6.07) is 6.90. The van der Waals surface area contributed by atoms with Gasteiger partial charge in [-0.1, -0.05) is 17.7 Å². The Hall–Kier alpha value is -4.50. The molecule has 1 amide bonds. The van der Waals surface area contributed by atoms with Crippen LogP contribution in [0.3, 0.4) is 0 Å². The van der Waals surface area contributed by atoms with Crippen molar-refractivity contribution in [2.75, 3.05) is 50.5 Å². The molecule has 1 aliphatic carbocycles. The number of likely N-dealkylation sites (N-methyl/N-ethyl adjacent to an activating group) is 1. The highest BCUT2D eigenvalue weighted by molar-refractivity contribution is 7.23. The second kappa shape index (κ2) is 12.9. The number of fused-ring (bicyclic) bond motifs is 1. The highest BCUT2D eigenvalue weighted by Gasteiger charge is 2.46. The maximum Gasteiger partial charge on any atom is 0.319 e. The number of hydrogen-bond donors (Lipinski definition) is 1. The van der Waals surface area contributed by atoms with Gasteiger partial charge < -0.3 is 25.0 Å². The van der Waals surface area contributed by atoms with Crippen molar-refractivity contribution in [3.05, 3.63) is 34.4 Å². The minimum absolute atomic E-state index is 0.000889. The number of ether oxygens (including phenoxy) is 2. The molecule has 264 valence electrons. The quantitative estimate of drug-likeness (QED) is 0.247. The van der Waals surface area contributed by atoms with Gasteiger partial charge in [-0.25, -0.2) is 8.78 Å². The summed E-state index contributed by atoms with van der Waals surface area (Å²) >= 11 is 7.99. The van der Waals surface area contributed by atoms with Gasteiger partial charge in [-0.15, -0.1) is 11.3 Å². The zero-order valence-corrected chi connectivity index (χ0v) is 29.7. The van der Waals surface area contributed by atoms with Crippen LogP contribution in [0.1, 0.15) is 44.6 Å². The number of carbonyl (C=O) groups is 1. The predicted molar refractivity (Wildman–Crippen MR) is 190 cm³/mol. The summed E-state index contributed by atoms with van der Waals surface area (Å²) < 4.78 is 45.1. The summed E-state index contributed by atoms with van der Waals surface area (Å²) in [6.07, 6.45) is 3.55. The molecule has 0 radical (unpaired) electrons. The first kappa shape index (κ1) is 33.6. The zero-order valence-electron chi connectivity index (χ0n) is 28.1. The van der Waals surface area contributed by atoms with E-state index in [0.717, 1.165) is 30.7 Å². The van der Waals surface area contributed by atoms with Crippen molar-refractivity contribution in [1.29, 1.82) is 10.5 Å². The molecule has 2 aromatic carbocycles. The Morgan fingerprint density at radius 3 is 2.63 bits per heavy atom. The number of nitrogen functional groups attached to an aromatic ring is 1. The largest absolute Gasteiger partial charge is 0.489 e. The summed E-state index contributed by atoms with van der Waals surface area (Å²) in [4.78, 5) is 28.7. The van der Waals surface area contributed by atoms with E-state index in [1.807, 2.05) is 24.9 Å². The Balaban J connectivity index is 1.26. The summed E-state index contributed by atoms with van der Waals surface area (Å²) in [5, 5.41) is 19.7. The van der Waals surface area contributed by atoms with Crippen LogP contribution in [0.25, 0.3) is 32.1 Å². The summed E-state index contributed by atoms with van der Waals surface area (Å²) in [7, 11) is 2.04. The number of amides is 1. The van der Waals surface area contributed by atoms with Crippen LogP contribution in [0.5, 0.6) is 11.8 Å². The normalized spacial score (nSPS) is 22.8. The third-order valence-electron chi connectivity index (χ3n) is 10.9. The van der Waals surface area contributed by atoms with Gasteiger partial charge in [0.1, 0.15) is 40.9 Å². The average Bonchev–Trinajstić information content (AvgIpc) is 3.72. The molecular weight excluding hydrogens is 698 g/mol. The van der Waals surface area contributed by atoms with Crippen LogP contribution in [-0.2, 0) is 4.79 Å². The monoisotopic (exact) mass is 732 g/mol. The van der Waals surface area contributed by atoms with Crippen molar-refractivity contribution >= 4 is 60.7 Å². The third kappa shape index (κ3) is 5.55. The number of thiophene rings is 1. The van der Waals surface area contributed by atoms with Gasteiger partial charge in [0.25, 0.3) is 0 Å². The maximum atomic E-state index is 17.3. The molecule has 3 fully saturated rings. The number of nitrogens with two attached hydrogens (primary N) is 1. The number of nitrogens with zero attached hydrogens (tertiary/aromatic N) is 7. The Labute approximate surface area is 302 Å². The molecule has 2 saturated heterocycles. The van der Waals surface area contributed by atoms with Gasteiger partial charge in [0.05, 0.1) is 45.1 Å². The molecule has 2 aromatic heterocycles. The number of halogens is 3. The number of nitriles is 2. The van der Waals surface area contributed by atoms with Crippen LogP contribution in [-0.4, -0.2) is 83.7 Å². The van der Waals surface area contributed by atoms with E-state index in [1.165, 1.54) is 12.1 Å². The molecule has 8 rings (SSSR count). The van der Waals surface area contributed by atoms with E-state index in [4.69, 9.17) is 31.8 Å². The average molecular weight is 733 g/mol. The first-order chi connectivity index (χ1) is 24.6. The highest BCUT2D eigenvalue weighted by atomic mass is 35.5. The van der Waals surface area contributed by atoms with E-state index >= 15 is 8.78 Å². The SMILES string of the molecule is C[C@H](Oc1nc2c3c(c(Cl)c(-c4ccc(F)c5sc(N)c(C#N)c45)c(F)c3n1)OCCN2C1CCN(C(=O)C2CC2C#N)CC1)[C@@H]1CCCN1C. The molecule has 51 heavy (non-hydrogen) atoms. The van der Waals surface area contributed by atoms with Crippen LogP contribution in [0, 0.1) is 46.1 Å². The zero-order chi connectivity index (χ0) is 35.7. The molecule has 3 aliphatic heterocycles. The van der Waals surface area contributed by atoms with E-state index in [2.05, 4.69) is 20.9 Å². The molecule has 1 saturated carbocycles. The number of benzene rings is 2. The second-order valence-electron chi connectivity index (χ2n) is 13.8. The smallest absolute Gasteiger partial charge is 0.319 e. The number of aromatic nitrogens is 2. The molecule has 4 aromatic rings. The Bertz CT molecular complexity index is 2180. The predicted octanol–water partition coefficient (Wildman–Crippen LogP) is 6.11. The molecular formula is C36H35ClF2N8O3S. The minimum atomic E-state index is -0.790. The van der Waals surface area contributed by atoms with Crippen LogP contribution in [0.2, 0.25) is 5.02 Å². The maximum absolute atomic E-state index is 17.3. The van der Waals surface area contributed by atoms with E-state index in [9.17, 15) is 15.3 Å². The lowest BCUT2D eigenvalue weighted by atomic mass is 9.96. The molecule has 2 unspecified atom stereocenters. The van der Waals surface area contributed by atoms with Crippen molar-refractivity contribution in [3.8, 4) is 35.0 Å². The molecule has 4 atom stereocenters. The Morgan fingerprint density at radius 1 is 1.16 bits per heavy atom. The van der Waals surface area contributed by atoms with Crippen molar-refractivity contribution in [2.45, 2.75) is 57.2 Å². The third-order valence-corrected chi connectivity index (χ3v) is 12.3. The van der Waals surface area contributed by atoms with Gasteiger partial charge in [0.15, 0.2) is 11.6 Å². The number of carbonyl (C=O) groups excluding carboxylic acids is 1. The molecule has 0 spiro atoms. The molecule has 11 nitrogen and oxygen atoms in total. The topological polar surface area (TPSA) is 145 Å². The van der Waals surface area contributed by atoms with Crippen molar-refractivity contribution in [3.63, 3.8) is 0 Å². The summed E-state index contributed by atoms with van der Waals surface area (Å²) in [5.41, 5.74) is 6.18. The van der Waals surface area contributed by atoms with Crippen LogP contribution in [0.15, 0.2) is 12.1 Å². The number of hydrogen-bond acceptors (Lipinski definition) is 11.